The van der Waals surface area contributed by atoms with Crippen molar-refractivity contribution in [3.05, 3.63) is 24.0 Å². The number of hydrogen-bond acceptors (Lipinski definition) is 3. The largest absolute Gasteiger partial charge is 0.392 e. The number of aliphatic hydroxyl groups is 1. The van der Waals surface area contributed by atoms with E-state index in [-0.39, 0.29) is 6.61 Å². The van der Waals surface area contributed by atoms with E-state index in [2.05, 4.69) is 30.7 Å². The first kappa shape index (κ1) is 13.3. The zero-order valence-corrected chi connectivity index (χ0v) is 11.7. The third-order valence-corrected chi connectivity index (χ3v) is 4.12. The minimum Gasteiger partial charge on any atom is -0.392 e. The summed E-state index contributed by atoms with van der Waals surface area (Å²) < 4.78 is 0. The van der Waals surface area contributed by atoms with Crippen LogP contribution in [-0.2, 0) is 6.61 Å². The Morgan fingerprint density at radius 3 is 2.56 bits per heavy atom. The fourth-order valence-corrected chi connectivity index (χ4v) is 2.82. The second-order valence-electron chi connectivity index (χ2n) is 6.29. The van der Waals surface area contributed by atoms with Gasteiger partial charge in [-0.05, 0) is 30.2 Å². The molecule has 1 saturated heterocycles. The van der Waals surface area contributed by atoms with Crippen LogP contribution in [0.1, 0.15) is 39.2 Å². The molecule has 2 rings (SSSR count). The zero-order valence-electron chi connectivity index (χ0n) is 11.7. The van der Waals surface area contributed by atoms with Gasteiger partial charge in [-0.3, -0.25) is 4.98 Å². The van der Waals surface area contributed by atoms with Crippen LogP contribution in [0.4, 0.5) is 5.69 Å². The van der Waals surface area contributed by atoms with Crippen LogP contribution < -0.4 is 4.90 Å². The highest BCUT2D eigenvalue weighted by Gasteiger charge is 2.29. The van der Waals surface area contributed by atoms with Gasteiger partial charge in [-0.15, -0.1) is 0 Å². The lowest BCUT2D eigenvalue weighted by molar-refractivity contribution is 0.198. The number of pyridine rings is 1. The Bertz CT molecular complexity index is 390. The Balaban J connectivity index is 2.06. The van der Waals surface area contributed by atoms with Gasteiger partial charge in [0, 0.05) is 24.8 Å². The van der Waals surface area contributed by atoms with Crippen LogP contribution in [0.25, 0.3) is 0 Å². The minimum absolute atomic E-state index is 0.0943. The number of anilines is 1. The molecule has 0 spiro atoms. The third-order valence-electron chi connectivity index (χ3n) is 4.12. The first-order chi connectivity index (χ1) is 8.52. The van der Waals surface area contributed by atoms with Crippen LogP contribution in [0.3, 0.4) is 0 Å². The Morgan fingerprint density at radius 1 is 1.33 bits per heavy atom. The lowest BCUT2D eigenvalue weighted by Gasteiger charge is -2.40. The van der Waals surface area contributed by atoms with Crippen LogP contribution >= 0.6 is 0 Å². The topological polar surface area (TPSA) is 36.4 Å². The molecule has 2 heterocycles. The number of rotatable bonds is 2. The summed E-state index contributed by atoms with van der Waals surface area (Å²) in [6.45, 7) is 9.22. The second kappa shape index (κ2) is 5.27. The van der Waals surface area contributed by atoms with Gasteiger partial charge in [-0.25, -0.2) is 0 Å². The van der Waals surface area contributed by atoms with E-state index in [1.165, 1.54) is 12.8 Å². The summed E-state index contributed by atoms with van der Waals surface area (Å²) in [7, 11) is 0. The molecule has 0 unspecified atom stereocenters. The van der Waals surface area contributed by atoms with Crippen molar-refractivity contribution in [3.8, 4) is 0 Å². The van der Waals surface area contributed by atoms with E-state index >= 15 is 0 Å². The van der Waals surface area contributed by atoms with Gasteiger partial charge in [0.2, 0.25) is 0 Å². The number of hydrogen-bond donors (Lipinski definition) is 1. The van der Waals surface area contributed by atoms with Crippen molar-refractivity contribution in [2.45, 2.75) is 40.2 Å². The van der Waals surface area contributed by atoms with E-state index in [1.54, 1.807) is 6.20 Å². The van der Waals surface area contributed by atoms with Crippen molar-refractivity contribution in [1.29, 1.82) is 0 Å². The molecule has 0 amide bonds. The summed E-state index contributed by atoms with van der Waals surface area (Å²) in [6.07, 6.45) is 6.08. The molecule has 0 radical (unpaired) electrons. The fraction of sp³-hybridized carbons (Fsp3) is 0.667. The summed E-state index contributed by atoms with van der Waals surface area (Å²) >= 11 is 0. The minimum atomic E-state index is 0.0943. The van der Waals surface area contributed by atoms with Gasteiger partial charge >= 0.3 is 0 Å². The Kier molecular flexibility index (Phi) is 3.91. The van der Waals surface area contributed by atoms with Gasteiger partial charge in [0.15, 0.2) is 0 Å². The van der Waals surface area contributed by atoms with Crippen LogP contribution in [0.2, 0.25) is 0 Å². The molecular formula is C15H24N2O. The first-order valence-electron chi connectivity index (χ1n) is 6.81. The Hall–Kier alpha value is -1.09. The summed E-state index contributed by atoms with van der Waals surface area (Å²) in [4.78, 5) is 6.55. The molecule has 0 bridgehead atoms. The van der Waals surface area contributed by atoms with Crippen molar-refractivity contribution < 1.29 is 5.11 Å². The SMILES string of the molecule is CC(C)(C)C1CCN(c2cnccc2CO)CC1. The van der Waals surface area contributed by atoms with Crippen LogP contribution in [0, 0.1) is 11.3 Å². The van der Waals surface area contributed by atoms with Crippen LogP contribution in [0.5, 0.6) is 0 Å². The number of aliphatic hydroxyl groups excluding tert-OH is 1. The average molecular weight is 248 g/mol. The van der Waals surface area contributed by atoms with Crippen molar-refractivity contribution in [2.24, 2.45) is 11.3 Å². The highest BCUT2D eigenvalue weighted by molar-refractivity contribution is 5.51. The predicted molar refractivity (Wildman–Crippen MR) is 74.6 cm³/mol. The quantitative estimate of drug-likeness (QED) is 0.874. The zero-order chi connectivity index (χ0) is 13.2. The van der Waals surface area contributed by atoms with E-state index in [0.29, 0.717) is 5.41 Å². The standard InChI is InChI=1S/C15H24N2O/c1-15(2,3)13-5-8-17(9-6-13)14-10-16-7-4-12(14)11-18/h4,7,10,13,18H,5-6,8-9,11H2,1-3H3. The number of nitrogens with zero attached hydrogens (tertiary/aromatic N) is 2. The molecule has 1 aromatic rings. The summed E-state index contributed by atoms with van der Waals surface area (Å²) in [5.41, 5.74) is 2.49. The molecule has 1 aliphatic heterocycles. The maximum Gasteiger partial charge on any atom is 0.0703 e. The lowest BCUT2D eigenvalue weighted by atomic mass is 9.75. The third kappa shape index (κ3) is 2.83. The Morgan fingerprint density at radius 2 is 2.00 bits per heavy atom. The molecule has 0 aliphatic carbocycles. The van der Waals surface area contributed by atoms with Gasteiger partial charge in [0.05, 0.1) is 18.5 Å². The molecule has 0 saturated carbocycles. The average Bonchev–Trinajstić information content (AvgIpc) is 2.38. The van der Waals surface area contributed by atoms with E-state index < -0.39 is 0 Å². The smallest absolute Gasteiger partial charge is 0.0703 e. The molecule has 3 nitrogen and oxygen atoms in total. The van der Waals surface area contributed by atoms with Gasteiger partial charge in [-0.2, -0.15) is 0 Å². The molecule has 1 fully saturated rings. The van der Waals surface area contributed by atoms with Gasteiger partial charge in [-0.1, -0.05) is 20.8 Å². The molecule has 0 aromatic carbocycles. The lowest BCUT2D eigenvalue weighted by Crippen LogP contribution is -2.38. The van der Waals surface area contributed by atoms with Gasteiger partial charge in [0.25, 0.3) is 0 Å². The van der Waals surface area contributed by atoms with Crippen molar-refractivity contribution in [1.82, 2.24) is 4.98 Å². The predicted octanol–water partition coefficient (Wildman–Crippen LogP) is 2.84. The van der Waals surface area contributed by atoms with Crippen molar-refractivity contribution >= 4 is 5.69 Å². The molecule has 3 heteroatoms. The highest BCUT2D eigenvalue weighted by Crippen LogP contribution is 2.35. The van der Waals surface area contributed by atoms with Gasteiger partial charge in [0.1, 0.15) is 0 Å². The van der Waals surface area contributed by atoms with E-state index in [4.69, 9.17) is 0 Å². The van der Waals surface area contributed by atoms with Gasteiger partial charge < -0.3 is 10.0 Å². The highest BCUT2D eigenvalue weighted by atomic mass is 16.3. The van der Waals surface area contributed by atoms with Crippen molar-refractivity contribution in [3.63, 3.8) is 0 Å². The maximum absolute atomic E-state index is 9.38. The molecule has 1 N–H and O–H groups in total. The van der Waals surface area contributed by atoms with E-state index in [9.17, 15) is 5.11 Å². The molecule has 1 aromatic heterocycles. The fourth-order valence-electron chi connectivity index (χ4n) is 2.82. The van der Waals surface area contributed by atoms with E-state index in [1.807, 2.05) is 12.3 Å². The van der Waals surface area contributed by atoms with Crippen molar-refractivity contribution in [2.75, 3.05) is 18.0 Å². The summed E-state index contributed by atoms with van der Waals surface area (Å²) in [6, 6.07) is 1.91. The van der Waals surface area contributed by atoms with E-state index in [0.717, 1.165) is 30.3 Å². The van der Waals surface area contributed by atoms with Crippen LogP contribution in [-0.4, -0.2) is 23.2 Å². The maximum atomic E-state index is 9.38. The molecule has 18 heavy (non-hydrogen) atoms. The Labute approximate surface area is 110 Å². The molecule has 1 aliphatic rings. The number of piperidine rings is 1. The summed E-state index contributed by atoms with van der Waals surface area (Å²) in [5.74, 6) is 0.794. The molecule has 100 valence electrons. The number of aromatic nitrogens is 1. The van der Waals surface area contributed by atoms with Crippen LogP contribution in [0.15, 0.2) is 18.5 Å². The molecule has 0 atom stereocenters. The second-order valence-corrected chi connectivity index (χ2v) is 6.29. The normalized spacial score (nSPS) is 18.1. The monoisotopic (exact) mass is 248 g/mol. The first-order valence-corrected chi connectivity index (χ1v) is 6.81. The molecular weight excluding hydrogens is 224 g/mol. The summed E-state index contributed by atoms with van der Waals surface area (Å²) in [5, 5.41) is 9.38.